The van der Waals surface area contributed by atoms with E-state index >= 15 is 0 Å². The van der Waals surface area contributed by atoms with Gasteiger partial charge in [-0.3, -0.25) is 0 Å². The Bertz CT molecular complexity index is 343. The molecule has 2 rings (SSSR count). The van der Waals surface area contributed by atoms with Gasteiger partial charge in [-0.15, -0.1) is 0 Å². The van der Waals surface area contributed by atoms with Gasteiger partial charge >= 0.3 is 0 Å². The van der Waals surface area contributed by atoms with Crippen LogP contribution in [0.3, 0.4) is 0 Å². The molecule has 1 aliphatic heterocycles. The van der Waals surface area contributed by atoms with Crippen LogP contribution in [-0.4, -0.2) is 36.6 Å². The van der Waals surface area contributed by atoms with Crippen LogP contribution in [0, 0.1) is 12.8 Å². The molecule has 1 saturated heterocycles. The van der Waals surface area contributed by atoms with Gasteiger partial charge in [-0.25, -0.2) is 9.97 Å². The lowest BCUT2D eigenvalue weighted by Gasteiger charge is -2.20. The quantitative estimate of drug-likeness (QED) is 0.813. The highest BCUT2D eigenvalue weighted by Crippen LogP contribution is 2.15. The van der Waals surface area contributed by atoms with Crippen LogP contribution >= 0.6 is 11.6 Å². The normalized spacial score (nSPS) is 20.1. The number of anilines is 1. The Hall–Kier alpha value is -0.870. The molecule has 0 aliphatic carbocycles. The minimum absolute atomic E-state index is 0.513. The fourth-order valence-electron chi connectivity index (χ4n) is 2.03. The molecule has 1 aromatic heterocycles. The molecule has 1 fully saturated rings. The second-order valence-electron chi connectivity index (χ2n) is 4.37. The van der Waals surface area contributed by atoms with E-state index in [4.69, 9.17) is 11.6 Å². The number of rotatable bonds is 3. The molecule has 0 radical (unpaired) electrons. The highest BCUT2D eigenvalue weighted by molar-refractivity contribution is 6.29. The van der Waals surface area contributed by atoms with E-state index in [0.29, 0.717) is 11.1 Å². The molecule has 1 atom stereocenters. The van der Waals surface area contributed by atoms with E-state index in [1.165, 1.54) is 6.42 Å². The summed E-state index contributed by atoms with van der Waals surface area (Å²) in [6, 6.07) is 1.77. The molecule has 1 aliphatic rings. The summed E-state index contributed by atoms with van der Waals surface area (Å²) in [6.45, 7) is 5.12. The Kier molecular flexibility index (Phi) is 3.61. The molecule has 0 amide bonds. The van der Waals surface area contributed by atoms with E-state index in [-0.39, 0.29) is 0 Å². The summed E-state index contributed by atoms with van der Waals surface area (Å²) < 4.78 is 0. The molecule has 88 valence electrons. The molecular formula is C11H17ClN4. The van der Waals surface area contributed by atoms with Crippen LogP contribution in [0.15, 0.2) is 6.07 Å². The zero-order chi connectivity index (χ0) is 11.5. The van der Waals surface area contributed by atoms with Crippen LogP contribution in [0.25, 0.3) is 0 Å². The summed E-state index contributed by atoms with van der Waals surface area (Å²) >= 11 is 5.92. The largest absolute Gasteiger partial charge is 0.344 e. The first-order valence-electron chi connectivity index (χ1n) is 5.58. The molecular weight excluding hydrogens is 224 g/mol. The van der Waals surface area contributed by atoms with Crippen molar-refractivity contribution in [3.8, 4) is 0 Å². The van der Waals surface area contributed by atoms with Crippen molar-refractivity contribution in [1.82, 2.24) is 15.3 Å². The van der Waals surface area contributed by atoms with E-state index < -0.39 is 0 Å². The van der Waals surface area contributed by atoms with Crippen molar-refractivity contribution in [3.05, 3.63) is 16.9 Å². The first kappa shape index (κ1) is 11.6. The number of halogens is 1. The fourth-order valence-corrected chi connectivity index (χ4v) is 2.26. The van der Waals surface area contributed by atoms with Crippen molar-refractivity contribution in [3.63, 3.8) is 0 Å². The average Bonchev–Trinajstić information content (AvgIpc) is 2.68. The van der Waals surface area contributed by atoms with Gasteiger partial charge in [0.15, 0.2) is 0 Å². The third-order valence-electron chi connectivity index (χ3n) is 2.85. The van der Waals surface area contributed by atoms with Crippen LogP contribution in [-0.2, 0) is 0 Å². The van der Waals surface area contributed by atoms with Crippen molar-refractivity contribution < 1.29 is 0 Å². The fraction of sp³-hybridized carbons (Fsp3) is 0.636. The Morgan fingerprint density at radius 2 is 2.38 bits per heavy atom. The molecule has 0 spiro atoms. The summed E-state index contributed by atoms with van der Waals surface area (Å²) in [5.41, 5.74) is 0.909. The van der Waals surface area contributed by atoms with Crippen LogP contribution in [0.4, 0.5) is 5.95 Å². The average molecular weight is 241 g/mol. The minimum Gasteiger partial charge on any atom is -0.344 e. The predicted octanol–water partition coefficient (Wildman–Crippen LogP) is 1.48. The number of nitrogens with zero attached hydrogens (tertiary/aromatic N) is 3. The van der Waals surface area contributed by atoms with Gasteiger partial charge in [0.25, 0.3) is 0 Å². The van der Waals surface area contributed by atoms with Crippen molar-refractivity contribution in [2.24, 2.45) is 5.92 Å². The van der Waals surface area contributed by atoms with Crippen molar-refractivity contribution >= 4 is 17.5 Å². The van der Waals surface area contributed by atoms with Gasteiger partial charge in [0.1, 0.15) is 5.15 Å². The molecule has 16 heavy (non-hydrogen) atoms. The number of aryl methyl sites for hydroxylation is 1. The topological polar surface area (TPSA) is 41.1 Å². The van der Waals surface area contributed by atoms with Gasteiger partial charge < -0.3 is 10.2 Å². The highest BCUT2D eigenvalue weighted by atomic mass is 35.5. The van der Waals surface area contributed by atoms with Gasteiger partial charge in [-0.2, -0.15) is 0 Å². The highest BCUT2D eigenvalue weighted by Gasteiger charge is 2.17. The molecule has 4 nitrogen and oxygen atoms in total. The van der Waals surface area contributed by atoms with Crippen LogP contribution < -0.4 is 10.2 Å². The van der Waals surface area contributed by atoms with Crippen molar-refractivity contribution in [2.45, 2.75) is 13.3 Å². The SMILES string of the molecule is Cc1cc(Cl)nc(N(C)C[C@H]2CCNC2)n1. The van der Waals surface area contributed by atoms with E-state index in [1.807, 2.05) is 14.0 Å². The minimum atomic E-state index is 0.513. The summed E-state index contributed by atoms with van der Waals surface area (Å²) in [5, 5.41) is 3.87. The molecule has 0 unspecified atom stereocenters. The smallest absolute Gasteiger partial charge is 0.226 e. The summed E-state index contributed by atoms with van der Waals surface area (Å²) in [5.74, 6) is 1.41. The number of hydrogen-bond acceptors (Lipinski definition) is 4. The Morgan fingerprint density at radius 3 is 3.00 bits per heavy atom. The third-order valence-corrected chi connectivity index (χ3v) is 3.04. The Balaban J connectivity index is 2.04. The van der Waals surface area contributed by atoms with Gasteiger partial charge in [0, 0.05) is 19.3 Å². The second-order valence-corrected chi connectivity index (χ2v) is 4.76. The van der Waals surface area contributed by atoms with E-state index in [2.05, 4.69) is 20.2 Å². The zero-order valence-electron chi connectivity index (χ0n) is 9.70. The van der Waals surface area contributed by atoms with E-state index in [0.717, 1.165) is 31.3 Å². The number of aromatic nitrogens is 2. The Labute approximate surface area is 101 Å². The van der Waals surface area contributed by atoms with Crippen molar-refractivity contribution in [2.75, 3.05) is 31.6 Å². The van der Waals surface area contributed by atoms with E-state index in [9.17, 15) is 0 Å². The molecule has 2 heterocycles. The summed E-state index contributed by atoms with van der Waals surface area (Å²) in [6.07, 6.45) is 1.23. The lowest BCUT2D eigenvalue weighted by Crippen LogP contribution is -2.28. The zero-order valence-corrected chi connectivity index (χ0v) is 10.5. The first-order valence-corrected chi connectivity index (χ1v) is 5.96. The van der Waals surface area contributed by atoms with Crippen LogP contribution in [0.1, 0.15) is 12.1 Å². The molecule has 0 saturated carbocycles. The third kappa shape index (κ3) is 2.83. The monoisotopic (exact) mass is 240 g/mol. The summed E-state index contributed by atoms with van der Waals surface area (Å²) in [7, 11) is 2.02. The first-order chi connectivity index (χ1) is 7.65. The maximum atomic E-state index is 5.92. The predicted molar refractivity (Wildman–Crippen MR) is 66.0 cm³/mol. The maximum absolute atomic E-state index is 5.92. The molecule has 0 bridgehead atoms. The van der Waals surface area contributed by atoms with Gasteiger partial charge in [0.05, 0.1) is 0 Å². The van der Waals surface area contributed by atoms with Gasteiger partial charge in [-0.05, 0) is 38.4 Å². The number of nitrogens with one attached hydrogen (secondary N) is 1. The summed E-state index contributed by atoms with van der Waals surface area (Å²) in [4.78, 5) is 10.7. The van der Waals surface area contributed by atoms with Crippen molar-refractivity contribution in [1.29, 1.82) is 0 Å². The van der Waals surface area contributed by atoms with Gasteiger partial charge in [0.2, 0.25) is 5.95 Å². The lowest BCUT2D eigenvalue weighted by molar-refractivity contribution is 0.572. The molecule has 1 N–H and O–H groups in total. The number of hydrogen-bond donors (Lipinski definition) is 1. The maximum Gasteiger partial charge on any atom is 0.226 e. The van der Waals surface area contributed by atoms with E-state index in [1.54, 1.807) is 6.07 Å². The standard InChI is InChI=1S/C11H17ClN4/c1-8-5-10(12)15-11(14-8)16(2)7-9-3-4-13-6-9/h5,9,13H,3-4,6-7H2,1-2H3/t9-/m0/s1. The molecule has 1 aromatic rings. The van der Waals surface area contributed by atoms with Gasteiger partial charge in [-0.1, -0.05) is 11.6 Å². The Morgan fingerprint density at radius 1 is 1.56 bits per heavy atom. The molecule has 0 aromatic carbocycles. The lowest BCUT2D eigenvalue weighted by atomic mass is 10.1. The molecule has 5 heteroatoms. The van der Waals surface area contributed by atoms with Crippen LogP contribution in [0.5, 0.6) is 0 Å². The second kappa shape index (κ2) is 4.97. The van der Waals surface area contributed by atoms with Crippen LogP contribution in [0.2, 0.25) is 5.15 Å².